The molecular formula is C43H79NO5S. The van der Waals surface area contributed by atoms with E-state index in [1.54, 1.807) is 6.08 Å². The van der Waals surface area contributed by atoms with Crippen LogP contribution in [0.4, 0.5) is 0 Å². The minimum Gasteiger partial charge on any atom is -0.387 e. The zero-order chi connectivity index (χ0) is 36.8. The van der Waals surface area contributed by atoms with Crippen molar-refractivity contribution in [2.45, 2.75) is 212 Å². The fraction of sp³-hybridized carbons (Fsp3) is 0.791. The first-order valence-corrected chi connectivity index (χ1v) is 22.4. The van der Waals surface area contributed by atoms with Gasteiger partial charge in [0.05, 0.1) is 17.9 Å². The SMILES string of the molecule is CCCCC/C=C\C/C=C\C/C=C\CCCCCCCCC(=O)NC(CS(=O)(=O)O)C(O)/C=C/CCCCCCCCCCCCCCCC. The summed E-state index contributed by atoms with van der Waals surface area (Å²) in [5.74, 6) is -0.995. The van der Waals surface area contributed by atoms with Gasteiger partial charge in [0, 0.05) is 6.42 Å². The van der Waals surface area contributed by atoms with Crippen molar-refractivity contribution >= 4 is 16.0 Å². The van der Waals surface area contributed by atoms with Crippen molar-refractivity contribution in [2.24, 2.45) is 0 Å². The number of amides is 1. The highest BCUT2D eigenvalue weighted by Gasteiger charge is 2.24. The summed E-state index contributed by atoms with van der Waals surface area (Å²) >= 11 is 0. The molecule has 0 fully saturated rings. The Morgan fingerprint density at radius 2 is 0.900 bits per heavy atom. The molecule has 0 aliphatic rings. The second-order valence-electron chi connectivity index (χ2n) is 14.3. The maximum absolute atomic E-state index is 12.5. The van der Waals surface area contributed by atoms with Crippen LogP contribution in [-0.2, 0) is 14.9 Å². The Bertz CT molecular complexity index is 972. The summed E-state index contributed by atoms with van der Waals surface area (Å²) in [6.45, 7) is 4.49. The Morgan fingerprint density at radius 3 is 1.36 bits per heavy atom. The summed E-state index contributed by atoms with van der Waals surface area (Å²) in [6.07, 6.45) is 49.4. The number of nitrogens with one attached hydrogen (secondary N) is 1. The predicted molar refractivity (Wildman–Crippen MR) is 216 cm³/mol. The van der Waals surface area contributed by atoms with E-state index in [0.717, 1.165) is 64.2 Å². The number of aliphatic hydroxyl groups excluding tert-OH is 1. The number of carbonyl (C=O) groups is 1. The van der Waals surface area contributed by atoms with E-state index in [0.29, 0.717) is 0 Å². The van der Waals surface area contributed by atoms with Gasteiger partial charge >= 0.3 is 0 Å². The van der Waals surface area contributed by atoms with Gasteiger partial charge in [0.2, 0.25) is 5.91 Å². The lowest BCUT2D eigenvalue weighted by Crippen LogP contribution is -2.46. The highest BCUT2D eigenvalue weighted by molar-refractivity contribution is 7.85. The number of unbranched alkanes of at least 4 members (excludes halogenated alkanes) is 23. The van der Waals surface area contributed by atoms with Crippen molar-refractivity contribution in [1.29, 1.82) is 0 Å². The number of carbonyl (C=O) groups excluding carboxylic acids is 1. The van der Waals surface area contributed by atoms with Gasteiger partial charge in [0.15, 0.2) is 0 Å². The molecule has 0 saturated carbocycles. The molecule has 0 aromatic carbocycles. The highest BCUT2D eigenvalue weighted by Crippen LogP contribution is 2.14. The van der Waals surface area contributed by atoms with E-state index in [1.165, 1.54) is 116 Å². The number of hydrogen-bond donors (Lipinski definition) is 3. The average Bonchev–Trinajstić information content (AvgIpc) is 3.08. The van der Waals surface area contributed by atoms with Gasteiger partial charge in [-0.3, -0.25) is 9.35 Å². The lowest BCUT2D eigenvalue weighted by molar-refractivity contribution is -0.122. The zero-order valence-electron chi connectivity index (χ0n) is 32.5. The van der Waals surface area contributed by atoms with Crippen LogP contribution in [-0.4, -0.2) is 41.9 Å². The minimum atomic E-state index is -4.35. The normalized spacial score (nSPS) is 13.8. The molecule has 7 heteroatoms. The molecule has 0 aromatic rings. The van der Waals surface area contributed by atoms with Gasteiger partial charge in [-0.05, 0) is 57.8 Å². The van der Waals surface area contributed by atoms with Crippen LogP contribution >= 0.6 is 0 Å². The second kappa shape index (κ2) is 37.1. The third-order valence-corrected chi connectivity index (χ3v) is 10.0. The average molecular weight is 722 g/mol. The molecule has 0 rings (SSSR count). The van der Waals surface area contributed by atoms with Crippen molar-refractivity contribution in [3.63, 3.8) is 0 Å². The number of allylic oxidation sites excluding steroid dienone is 7. The monoisotopic (exact) mass is 722 g/mol. The topological polar surface area (TPSA) is 104 Å². The van der Waals surface area contributed by atoms with E-state index in [-0.39, 0.29) is 12.3 Å². The van der Waals surface area contributed by atoms with E-state index in [9.17, 15) is 22.9 Å². The number of hydrogen-bond acceptors (Lipinski definition) is 4. The lowest BCUT2D eigenvalue weighted by Gasteiger charge is -2.21. The molecule has 2 unspecified atom stereocenters. The van der Waals surface area contributed by atoms with E-state index in [1.807, 2.05) is 6.08 Å². The molecule has 0 bridgehead atoms. The van der Waals surface area contributed by atoms with E-state index in [2.05, 4.69) is 55.6 Å². The van der Waals surface area contributed by atoms with Gasteiger partial charge in [-0.25, -0.2) is 0 Å². The predicted octanol–water partition coefficient (Wildman–Crippen LogP) is 12.3. The molecule has 0 aliphatic carbocycles. The number of rotatable bonds is 37. The Kier molecular flexibility index (Phi) is 35.8. The van der Waals surface area contributed by atoms with Crippen molar-refractivity contribution in [3.05, 3.63) is 48.6 Å². The Labute approximate surface area is 309 Å². The van der Waals surface area contributed by atoms with Crippen molar-refractivity contribution in [2.75, 3.05) is 5.75 Å². The smallest absolute Gasteiger partial charge is 0.267 e. The fourth-order valence-corrected chi connectivity index (χ4v) is 6.84. The van der Waals surface area contributed by atoms with E-state index in [4.69, 9.17) is 0 Å². The van der Waals surface area contributed by atoms with Gasteiger partial charge in [-0.2, -0.15) is 8.42 Å². The molecule has 3 N–H and O–H groups in total. The molecular weight excluding hydrogens is 643 g/mol. The summed E-state index contributed by atoms with van der Waals surface area (Å²) < 4.78 is 32.5. The molecule has 0 saturated heterocycles. The summed E-state index contributed by atoms with van der Waals surface area (Å²) in [5.41, 5.74) is 0. The molecule has 50 heavy (non-hydrogen) atoms. The third kappa shape index (κ3) is 37.6. The molecule has 0 aliphatic heterocycles. The lowest BCUT2D eigenvalue weighted by atomic mass is 10.0. The van der Waals surface area contributed by atoms with Gasteiger partial charge in [0.25, 0.3) is 10.1 Å². The Hall–Kier alpha value is -1.70. The second-order valence-corrected chi connectivity index (χ2v) is 15.8. The van der Waals surface area contributed by atoms with Crippen LogP contribution < -0.4 is 5.32 Å². The van der Waals surface area contributed by atoms with Crippen LogP contribution in [0, 0.1) is 0 Å². The first kappa shape index (κ1) is 48.3. The Balaban J connectivity index is 3.96. The molecule has 1 amide bonds. The zero-order valence-corrected chi connectivity index (χ0v) is 33.3. The van der Waals surface area contributed by atoms with Crippen LogP contribution in [0.5, 0.6) is 0 Å². The minimum absolute atomic E-state index is 0.280. The quantitative estimate of drug-likeness (QED) is 0.0336. The first-order chi connectivity index (χ1) is 24.3. The summed E-state index contributed by atoms with van der Waals surface area (Å²) in [7, 11) is -4.35. The van der Waals surface area contributed by atoms with Gasteiger partial charge in [-0.1, -0.05) is 184 Å². The maximum Gasteiger partial charge on any atom is 0.267 e. The van der Waals surface area contributed by atoms with Crippen LogP contribution in [0.2, 0.25) is 0 Å². The van der Waals surface area contributed by atoms with E-state index < -0.39 is 28.0 Å². The van der Waals surface area contributed by atoms with Crippen molar-refractivity contribution < 1.29 is 22.9 Å². The van der Waals surface area contributed by atoms with Crippen molar-refractivity contribution in [1.82, 2.24) is 5.32 Å². The van der Waals surface area contributed by atoms with Crippen LogP contribution in [0.3, 0.4) is 0 Å². The molecule has 6 nitrogen and oxygen atoms in total. The standard InChI is InChI=1S/C43H79NO5S/c1-3-5-7-9-11-13-15-17-19-21-22-23-25-27-29-31-33-35-37-39-43(46)44-41(40-50(47,48)49)42(45)38-36-34-32-30-28-26-24-20-18-16-14-12-10-8-6-4-2/h11,13,17,19,22-23,36,38,41-42,45H,3-10,12,14-16,18,20-21,24-35,37,39-40H2,1-2H3,(H,44,46)(H,47,48,49)/b13-11-,19-17-,23-22-,38-36+. The first-order valence-electron chi connectivity index (χ1n) is 20.8. The number of aliphatic hydroxyl groups is 1. The molecule has 0 heterocycles. The van der Waals surface area contributed by atoms with Crippen LogP contribution in [0.15, 0.2) is 48.6 Å². The molecule has 292 valence electrons. The van der Waals surface area contributed by atoms with Crippen molar-refractivity contribution in [3.8, 4) is 0 Å². The maximum atomic E-state index is 12.5. The summed E-state index contributed by atoms with van der Waals surface area (Å²) in [4.78, 5) is 12.5. The summed E-state index contributed by atoms with van der Waals surface area (Å²) in [5, 5.41) is 13.2. The van der Waals surface area contributed by atoms with Gasteiger partial charge < -0.3 is 10.4 Å². The van der Waals surface area contributed by atoms with Crippen LogP contribution in [0.25, 0.3) is 0 Å². The highest BCUT2D eigenvalue weighted by atomic mass is 32.2. The molecule has 0 aromatic heterocycles. The van der Waals surface area contributed by atoms with Crippen LogP contribution in [0.1, 0.15) is 200 Å². The third-order valence-electron chi connectivity index (χ3n) is 9.25. The molecule has 0 spiro atoms. The molecule has 2 atom stereocenters. The van der Waals surface area contributed by atoms with Gasteiger partial charge in [-0.15, -0.1) is 0 Å². The van der Waals surface area contributed by atoms with E-state index >= 15 is 0 Å². The van der Waals surface area contributed by atoms with Gasteiger partial charge in [0.1, 0.15) is 0 Å². The Morgan fingerprint density at radius 1 is 0.540 bits per heavy atom. The fourth-order valence-electron chi connectivity index (χ4n) is 6.10. The largest absolute Gasteiger partial charge is 0.387 e. The molecule has 0 radical (unpaired) electrons. The summed E-state index contributed by atoms with van der Waals surface area (Å²) in [6, 6.07) is -1.06.